The van der Waals surface area contributed by atoms with Crippen molar-refractivity contribution in [2.75, 3.05) is 5.32 Å². The van der Waals surface area contributed by atoms with Gasteiger partial charge < -0.3 is 9.67 Å². The Kier molecular flexibility index (Phi) is 7.64. The normalized spacial score (nSPS) is 14.2. The van der Waals surface area contributed by atoms with Crippen molar-refractivity contribution in [2.24, 2.45) is 5.41 Å². The minimum atomic E-state index is -0.980. The van der Waals surface area contributed by atoms with Gasteiger partial charge in [-0.25, -0.2) is 4.98 Å². The molecule has 3 rings (SSSR count). The Labute approximate surface area is 185 Å². The van der Waals surface area contributed by atoms with E-state index in [9.17, 15) is 9.90 Å². The summed E-state index contributed by atoms with van der Waals surface area (Å²) in [5.74, 6) is 0.299. The minimum Gasteiger partial charge on any atom is -0.392 e. The molecule has 0 aliphatic carbocycles. The zero-order valence-corrected chi connectivity index (χ0v) is 18.7. The monoisotopic (exact) mass is 419 g/mol. The number of rotatable bonds is 10. The molecule has 31 heavy (non-hydrogen) atoms. The molecule has 0 bridgehead atoms. The highest BCUT2D eigenvalue weighted by Gasteiger charge is 2.41. The van der Waals surface area contributed by atoms with Crippen LogP contribution in [0.5, 0.6) is 0 Å². The molecule has 0 aliphatic rings. The molecule has 1 aromatic heterocycles. The number of aromatic nitrogens is 2. The lowest BCUT2D eigenvalue weighted by Crippen LogP contribution is -2.45. The number of hydrogen-bond donors (Lipinski definition) is 2. The number of aliphatic hydroxyl groups is 1. The predicted octanol–water partition coefficient (Wildman–Crippen LogP) is 5.04. The fourth-order valence-corrected chi connectivity index (χ4v) is 3.90. The molecule has 0 radical (unpaired) electrons. The van der Waals surface area contributed by atoms with Crippen molar-refractivity contribution >= 4 is 11.9 Å². The summed E-state index contributed by atoms with van der Waals surface area (Å²) in [7, 11) is 0. The molecule has 3 aromatic rings. The molecule has 2 atom stereocenters. The van der Waals surface area contributed by atoms with Crippen molar-refractivity contribution in [3.63, 3.8) is 0 Å². The van der Waals surface area contributed by atoms with Crippen LogP contribution in [0.4, 0.5) is 5.95 Å². The number of carbonyl (C=O) groups excluding carboxylic acids is 1. The van der Waals surface area contributed by atoms with Gasteiger partial charge in [-0.3, -0.25) is 10.1 Å². The molecule has 1 heterocycles. The highest BCUT2D eigenvalue weighted by Crippen LogP contribution is 2.32. The van der Waals surface area contributed by atoms with E-state index in [0.29, 0.717) is 18.8 Å². The zero-order valence-electron chi connectivity index (χ0n) is 18.7. The first-order valence-electron chi connectivity index (χ1n) is 11.0. The number of aliphatic hydroxyl groups excluding tert-OH is 1. The lowest BCUT2D eigenvalue weighted by atomic mass is 9.75. The zero-order chi connectivity index (χ0) is 22.3. The molecule has 5 heteroatoms. The smallest absolute Gasteiger partial charge is 0.235 e. The van der Waals surface area contributed by atoms with Crippen molar-refractivity contribution in [3.05, 3.63) is 84.2 Å². The van der Waals surface area contributed by atoms with Crippen molar-refractivity contribution < 1.29 is 9.90 Å². The van der Waals surface area contributed by atoms with Crippen LogP contribution < -0.4 is 5.32 Å². The predicted molar refractivity (Wildman–Crippen MR) is 125 cm³/mol. The summed E-state index contributed by atoms with van der Waals surface area (Å²) in [4.78, 5) is 17.8. The van der Waals surface area contributed by atoms with E-state index in [1.807, 2.05) is 80.1 Å². The Morgan fingerprint density at radius 1 is 1.06 bits per heavy atom. The Bertz CT molecular complexity index is 953. The van der Waals surface area contributed by atoms with Crippen molar-refractivity contribution in [3.8, 4) is 0 Å². The topological polar surface area (TPSA) is 67.2 Å². The number of anilines is 1. The van der Waals surface area contributed by atoms with E-state index in [0.717, 1.165) is 18.4 Å². The van der Waals surface area contributed by atoms with Gasteiger partial charge in [0.2, 0.25) is 11.9 Å². The molecule has 0 spiro atoms. The summed E-state index contributed by atoms with van der Waals surface area (Å²) in [6.45, 7) is 5.93. The number of benzene rings is 2. The third-order valence-corrected chi connectivity index (χ3v) is 5.90. The van der Waals surface area contributed by atoms with Crippen LogP contribution >= 0.6 is 0 Å². The maximum atomic E-state index is 13.5. The largest absolute Gasteiger partial charge is 0.392 e. The van der Waals surface area contributed by atoms with E-state index in [-0.39, 0.29) is 11.9 Å². The van der Waals surface area contributed by atoms with E-state index in [1.165, 1.54) is 5.56 Å². The highest BCUT2D eigenvalue weighted by atomic mass is 16.3. The Morgan fingerprint density at radius 2 is 1.68 bits per heavy atom. The summed E-state index contributed by atoms with van der Waals surface area (Å²) in [5, 5.41) is 14.2. The van der Waals surface area contributed by atoms with Gasteiger partial charge in [0.05, 0.1) is 11.5 Å². The fourth-order valence-electron chi connectivity index (χ4n) is 3.90. The number of hydrogen-bond acceptors (Lipinski definition) is 3. The Hall–Kier alpha value is -2.92. The molecular weight excluding hydrogens is 386 g/mol. The van der Waals surface area contributed by atoms with E-state index in [1.54, 1.807) is 6.20 Å². The van der Waals surface area contributed by atoms with E-state index < -0.39 is 11.5 Å². The number of carbonyl (C=O) groups is 1. The van der Waals surface area contributed by atoms with Crippen LogP contribution in [-0.2, 0) is 17.6 Å². The second kappa shape index (κ2) is 10.4. The van der Waals surface area contributed by atoms with Gasteiger partial charge in [0.25, 0.3) is 0 Å². The van der Waals surface area contributed by atoms with Crippen LogP contribution in [-0.4, -0.2) is 26.7 Å². The quantitative estimate of drug-likeness (QED) is 0.484. The summed E-state index contributed by atoms with van der Waals surface area (Å²) in [6.07, 6.45) is 5.44. The lowest BCUT2D eigenvalue weighted by molar-refractivity contribution is -0.131. The van der Waals surface area contributed by atoms with Gasteiger partial charge in [-0.2, -0.15) is 0 Å². The Morgan fingerprint density at radius 3 is 2.29 bits per heavy atom. The number of imidazole rings is 1. The fraction of sp³-hybridized carbons (Fsp3) is 0.385. The van der Waals surface area contributed by atoms with Crippen molar-refractivity contribution in [1.82, 2.24) is 9.55 Å². The average molecular weight is 420 g/mol. The molecule has 0 saturated heterocycles. The van der Waals surface area contributed by atoms with Gasteiger partial charge in [-0.1, -0.05) is 60.7 Å². The van der Waals surface area contributed by atoms with Crippen LogP contribution in [0.15, 0.2) is 73.1 Å². The number of amides is 1. The van der Waals surface area contributed by atoms with Crippen LogP contribution in [0, 0.1) is 5.41 Å². The molecule has 5 nitrogen and oxygen atoms in total. The standard InChI is InChI=1S/C26H33N3O2/c1-20(2)29-18-17-27-25(29)28-24(31)26(3,19-22-13-8-5-9-14-22)23(30)16-10-15-21-11-6-4-7-12-21/h4-9,11-14,17-18,20,23,30H,10,15-16,19H2,1-3H3,(H,27,28,31). The van der Waals surface area contributed by atoms with Gasteiger partial charge in [0.1, 0.15) is 0 Å². The number of nitrogens with zero attached hydrogens (tertiary/aromatic N) is 2. The van der Waals surface area contributed by atoms with Crippen LogP contribution in [0.3, 0.4) is 0 Å². The summed E-state index contributed by atoms with van der Waals surface area (Å²) >= 11 is 0. The summed E-state index contributed by atoms with van der Waals surface area (Å²) in [5.41, 5.74) is 1.28. The van der Waals surface area contributed by atoms with Crippen molar-refractivity contribution in [2.45, 2.75) is 58.6 Å². The van der Waals surface area contributed by atoms with E-state index >= 15 is 0 Å². The second-order valence-corrected chi connectivity index (χ2v) is 8.68. The number of aryl methyl sites for hydroxylation is 1. The first-order chi connectivity index (χ1) is 14.9. The third kappa shape index (κ3) is 5.82. The van der Waals surface area contributed by atoms with Crippen LogP contribution in [0.2, 0.25) is 0 Å². The van der Waals surface area contributed by atoms with Gasteiger partial charge in [0, 0.05) is 18.4 Å². The summed E-state index contributed by atoms with van der Waals surface area (Å²) < 4.78 is 1.92. The molecule has 1 amide bonds. The average Bonchev–Trinajstić information content (AvgIpc) is 3.23. The van der Waals surface area contributed by atoms with Crippen molar-refractivity contribution in [1.29, 1.82) is 0 Å². The second-order valence-electron chi connectivity index (χ2n) is 8.68. The first kappa shape index (κ1) is 22.8. The molecular formula is C26H33N3O2. The third-order valence-electron chi connectivity index (χ3n) is 5.90. The van der Waals surface area contributed by atoms with Gasteiger partial charge in [-0.05, 0) is 57.6 Å². The lowest BCUT2D eigenvalue weighted by Gasteiger charge is -2.33. The molecule has 0 fully saturated rings. The molecule has 164 valence electrons. The maximum absolute atomic E-state index is 13.5. The molecule has 0 saturated carbocycles. The van der Waals surface area contributed by atoms with Crippen LogP contribution in [0.25, 0.3) is 0 Å². The van der Waals surface area contributed by atoms with Crippen LogP contribution in [0.1, 0.15) is 50.8 Å². The molecule has 2 N–H and O–H groups in total. The van der Waals surface area contributed by atoms with Gasteiger partial charge in [-0.15, -0.1) is 0 Å². The van der Waals surface area contributed by atoms with Gasteiger partial charge >= 0.3 is 0 Å². The van der Waals surface area contributed by atoms with E-state index in [4.69, 9.17) is 0 Å². The minimum absolute atomic E-state index is 0.175. The van der Waals surface area contributed by atoms with E-state index in [2.05, 4.69) is 22.4 Å². The molecule has 0 aliphatic heterocycles. The summed E-state index contributed by atoms with van der Waals surface area (Å²) in [6, 6.07) is 20.3. The first-order valence-corrected chi connectivity index (χ1v) is 11.0. The maximum Gasteiger partial charge on any atom is 0.235 e. The highest BCUT2D eigenvalue weighted by molar-refractivity contribution is 5.94. The Balaban J connectivity index is 1.76. The van der Waals surface area contributed by atoms with Gasteiger partial charge in [0.15, 0.2) is 0 Å². The molecule has 2 unspecified atom stereocenters. The SMILES string of the molecule is CC(C)n1ccnc1NC(=O)C(C)(Cc1ccccc1)C(O)CCCc1ccccc1. The number of nitrogens with one attached hydrogen (secondary N) is 1. The molecule has 2 aromatic carbocycles.